The van der Waals surface area contributed by atoms with Gasteiger partial charge in [0.15, 0.2) is 0 Å². The molecule has 0 N–H and O–H groups in total. The number of rotatable bonds is 2. The van der Waals surface area contributed by atoms with E-state index in [0.29, 0.717) is 4.90 Å². The minimum Gasteiger partial charge on any atom is -0.192 e. The van der Waals surface area contributed by atoms with Crippen molar-refractivity contribution in [2.75, 3.05) is 0 Å². The molecule has 0 spiro atoms. The van der Waals surface area contributed by atoms with Crippen molar-refractivity contribution in [1.82, 2.24) is 0 Å². The smallest absolute Gasteiger partial charge is 0.192 e. The van der Waals surface area contributed by atoms with E-state index in [0.717, 1.165) is 14.5 Å². The van der Waals surface area contributed by atoms with E-state index in [1.807, 2.05) is 24.3 Å². The lowest BCUT2D eigenvalue weighted by molar-refractivity contribution is -0.137. The number of alkyl halides is 3. The monoisotopic (exact) mass is 405 g/mol. The van der Waals surface area contributed by atoms with Crippen LogP contribution in [0.4, 0.5) is 13.2 Å². The molecule has 0 fully saturated rings. The van der Waals surface area contributed by atoms with Gasteiger partial charge in [-0.1, -0.05) is 11.8 Å². The van der Waals surface area contributed by atoms with E-state index in [4.69, 9.17) is 5.26 Å². The van der Waals surface area contributed by atoms with Gasteiger partial charge < -0.3 is 0 Å². The van der Waals surface area contributed by atoms with E-state index in [1.165, 1.54) is 23.9 Å². The molecule has 6 heteroatoms. The first-order valence-corrected chi connectivity index (χ1v) is 7.34. The average Bonchev–Trinajstić information content (AvgIpc) is 2.40. The van der Waals surface area contributed by atoms with Crippen molar-refractivity contribution >= 4 is 34.4 Å². The molecular formula is C14H7F3INS. The minimum absolute atomic E-state index is 0.357. The van der Waals surface area contributed by atoms with Crippen molar-refractivity contribution < 1.29 is 13.2 Å². The van der Waals surface area contributed by atoms with E-state index in [9.17, 15) is 13.2 Å². The highest BCUT2D eigenvalue weighted by molar-refractivity contribution is 14.1. The topological polar surface area (TPSA) is 23.8 Å². The quantitative estimate of drug-likeness (QED) is 0.631. The van der Waals surface area contributed by atoms with Crippen LogP contribution in [-0.4, -0.2) is 0 Å². The number of benzene rings is 2. The Bertz CT molecular complexity index is 660. The van der Waals surface area contributed by atoms with Gasteiger partial charge in [0.1, 0.15) is 0 Å². The summed E-state index contributed by atoms with van der Waals surface area (Å²) in [5, 5.41) is 8.74. The highest BCUT2D eigenvalue weighted by Gasteiger charge is 2.33. The number of nitriles is 1. The van der Waals surface area contributed by atoms with Crippen LogP contribution in [0, 0.1) is 14.9 Å². The molecule has 0 bridgehead atoms. The maximum atomic E-state index is 12.8. The molecule has 20 heavy (non-hydrogen) atoms. The number of hydrogen-bond acceptors (Lipinski definition) is 2. The summed E-state index contributed by atoms with van der Waals surface area (Å²) in [5.74, 6) is 0. The molecule has 0 saturated heterocycles. The molecule has 0 saturated carbocycles. The highest BCUT2D eigenvalue weighted by atomic mass is 127. The van der Waals surface area contributed by atoms with Crippen molar-refractivity contribution in [2.45, 2.75) is 16.0 Å². The molecule has 0 aliphatic carbocycles. The highest BCUT2D eigenvalue weighted by Crippen LogP contribution is 2.36. The third kappa shape index (κ3) is 3.67. The van der Waals surface area contributed by atoms with Crippen LogP contribution in [0.25, 0.3) is 0 Å². The zero-order valence-electron chi connectivity index (χ0n) is 9.91. The molecular weight excluding hydrogens is 398 g/mol. The van der Waals surface area contributed by atoms with Gasteiger partial charge in [0, 0.05) is 13.4 Å². The fourth-order valence-corrected chi connectivity index (χ4v) is 2.77. The molecule has 1 nitrogen and oxygen atoms in total. The van der Waals surface area contributed by atoms with Crippen molar-refractivity contribution in [3.63, 3.8) is 0 Å². The van der Waals surface area contributed by atoms with E-state index >= 15 is 0 Å². The van der Waals surface area contributed by atoms with E-state index in [1.54, 1.807) is 6.07 Å². The second-order valence-corrected chi connectivity index (χ2v) is 6.27. The Balaban J connectivity index is 2.34. The van der Waals surface area contributed by atoms with Gasteiger partial charge >= 0.3 is 6.18 Å². The summed E-state index contributed by atoms with van der Waals surface area (Å²) in [5.41, 5.74) is -1.25. The lowest BCUT2D eigenvalue weighted by Crippen LogP contribution is -2.07. The third-order valence-electron chi connectivity index (χ3n) is 2.47. The van der Waals surface area contributed by atoms with Crippen LogP contribution in [0.2, 0.25) is 0 Å². The van der Waals surface area contributed by atoms with Gasteiger partial charge in [-0.05, 0) is 65.1 Å². The molecule has 0 aromatic heterocycles. The normalized spacial score (nSPS) is 11.2. The fraction of sp³-hybridized carbons (Fsp3) is 0.0714. The maximum absolute atomic E-state index is 12.8. The zero-order valence-corrected chi connectivity index (χ0v) is 12.9. The van der Waals surface area contributed by atoms with Crippen LogP contribution >= 0.6 is 34.4 Å². The zero-order chi connectivity index (χ0) is 14.8. The van der Waals surface area contributed by atoms with Crippen molar-refractivity contribution in [3.05, 3.63) is 57.2 Å². The summed E-state index contributed by atoms with van der Waals surface area (Å²) < 4.78 is 39.6. The number of hydrogen-bond donors (Lipinski definition) is 0. The van der Waals surface area contributed by atoms with Gasteiger partial charge in [0.25, 0.3) is 0 Å². The van der Waals surface area contributed by atoms with Crippen molar-refractivity contribution in [3.8, 4) is 6.07 Å². The summed E-state index contributed by atoms with van der Waals surface area (Å²) in [4.78, 5) is 1.31. The standard InChI is InChI=1S/C14H7F3INS/c15-14(16,17)13-7-12(4-1-9(13)8-19)20-11-5-2-10(18)3-6-11/h1-7H. The van der Waals surface area contributed by atoms with Crippen LogP contribution in [0.3, 0.4) is 0 Å². The predicted molar refractivity (Wildman–Crippen MR) is 79.4 cm³/mol. The lowest BCUT2D eigenvalue weighted by Gasteiger charge is -2.10. The van der Waals surface area contributed by atoms with Crippen LogP contribution < -0.4 is 0 Å². The molecule has 2 aromatic carbocycles. The van der Waals surface area contributed by atoms with Crippen LogP contribution in [0.1, 0.15) is 11.1 Å². The van der Waals surface area contributed by atoms with Crippen LogP contribution in [0.5, 0.6) is 0 Å². The third-order valence-corrected chi connectivity index (χ3v) is 4.18. The van der Waals surface area contributed by atoms with Crippen LogP contribution in [-0.2, 0) is 6.18 Å². The van der Waals surface area contributed by atoms with Gasteiger partial charge in [0.05, 0.1) is 17.2 Å². The van der Waals surface area contributed by atoms with Gasteiger partial charge in [-0.2, -0.15) is 18.4 Å². The summed E-state index contributed by atoms with van der Waals surface area (Å²) in [6.45, 7) is 0. The summed E-state index contributed by atoms with van der Waals surface area (Å²) >= 11 is 3.39. The molecule has 0 heterocycles. The Labute approximate surface area is 131 Å². The Kier molecular flexibility index (Phi) is 4.60. The van der Waals surface area contributed by atoms with Crippen molar-refractivity contribution in [2.24, 2.45) is 0 Å². The first-order chi connectivity index (χ1) is 9.40. The molecule has 0 atom stereocenters. The maximum Gasteiger partial charge on any atom is 0.417 e. The fourth-order valence-electron chi connectivity index (χ4n) is 1.56. The molecule has 0 aliphatic rings. The van der Waals surface area contributed by atoms with Crippen LogP contribution in [0.15, 0.2) is 52.3 Å². The molecule has 0 amide bonds. The Morgan fingerprint density at radius 2 is 1.60 bits per heavy atom. The lowest BCUT2D eigenvalue weighted by atomic mass is 10.1. The first kappa shape index (κ1) is 15.2. The Hall–Kier alpha value is -1.20. The summed E-state index contributed by atoms with van der Waals surface area (Å²) in [7, 11) is 0. The average molecular weight is 405 g/mol. The largest absolute Gasteiger partial charge is 0.417 e. The first-order valence-electron chi connectivity index (χ1n) is 5.45. The SMILES string of the molecule is N#Cc1ccc(Sc2ccc(I)cc2)cc1C(F)(F)F. The minimum atomic E-state index is -4.52. The molecule has 2 aromatic rings. The molecule has 0 radical (unpaired) electrons. The van der Waals surface area contributed by atoms with Crippen molar-refractivity contribution in [1.29, 1.82) is 5.26 Å². The Morgan fingerprint density at radius 1 is 1.00 bits per heavy atom. The van der Waals surface area contributed by atoms with Gasteiger partial charge in [-0.25, -0.2) is 0 Å². The van der Waals surface area contributed by atoms with Gasteiger partial charge in [-0.15, -0.1) is 0 Å². The number of nitrogens with zero attached hydrogens (tertiary/aromatic N) is 1. The second-order valence-electron chi connectivity index (χ2n) is 3.87. The Morgan fingerprint density at radius 3 is 2.15 bits per heavy atom. The molecule has 2 rings (SSSR count). The molecule has 0 unspecified atom stereocenters. The van der Waals surface area contributed by atoms with E-state index < -0.39 is 11.7 Å². The van der Waals surface area contributed by atoms with E-state index in [-0.39, 0.29) is 5.56 Å². The second kappa shape index (κ2) is 6.06. The van der Waals surface area contributed by atoms with E-state index in [2.05, 4.69) is 22.6 Å². The van der Waals surface area contributed by atoms with Gasteiger partial charge in [0.2, 0.25) is 0 Å². The summed E-state index contributed by atoms with van der Waals surface area (Å²) in [6, 6.07) is 12.8. The predicted octanol–water partition coefficient (Wildman–Crippen LogP) is 5.33. The number of halogens is 4. The molecule has 0 aliphatic heterocycles. The van der Waals surface area contributed by atoms with Gasteiger partial charge in [-0.3, -0.25) is 0 Å². The molecule has 102 valence electrons. The summed E-state index contributed by atoms with van der Waals surface area (Å²) in [6.07, 6.45) is -4.52.